The second-order valence-corrected chi connectivity index (χ2v) is 7.32. The molecule has 1 saturated heterocycles. The Morgan fingerprint density at radius 3 is 2.61 bits per heavy atom. The van der Waals surface area contributed by atoms with Gasteiger partial charge in [-0.2, -0.15) is 5.10 Å². The molecule has 0 atom stereocenters. The van der Waals surface area contributed by atoms with Crippen molar-refractivity contribution in [3.05, 3.63) is 76.5 Å². The molecule has 3 heterocycles. The van der Waals surface area contributed by atoms with Crippen LogP contribution in [0.15, 0.2) is 48.8 Å². The van der Waals surface area contributed by atoms with E-state index in [0.717, 1.165) is 25.2 Å². The maximum absolute atomic E-state index is 14.5. The van der Waals surface area contributed by atoms with Crippen LogP contribution >= 0.6 is 11.6 Å². The van der Waals surface area contributed by atoms with Crippen molar-refractivity contribution in [2.45, 2.75) is 13.0 Å². The zero-order valence-electron chi connectivity index (χ0n) is 16.8. The van der Waals surface area contributed by atoms with Crippen LogP contribution in [-0.4, -0.2) is 50.7 Å². The van der Waals surface area contributed by atoms with Crippen LogP contribution < -0.4 is 5.32 Å². The Kier molecular flexibility index (Phi) is 7.02. The number of anilines is 1. The average molecular weight is 442 g/mol. The molecule has 3 aromatic rings. The molecule has 1 amide bonds. The maximum atomic E-state index is 14.5. The van der Waals surface area contributed by atoms with Gasteiger partial charge in [-0.25, -0.2) is 9.37 Å². The fraction of sp³-hybridized carbons (Fsp3) is 0.227. The second-order valence-electron chi connectivity index (χ2n) is 6.92. The minimum atomic E-state index is -0.675. The van der Waals surface area contributed by atoms with Crippen LogP contribution in [0.25, 0.3) is 0 Å². The van der Waals surface area contributed by atoms with Crippen LogP contribution in [-0.2, 0) is 0 Å². The molecule has 3 N–H and O–H groups in total. The molecule has 1 fully saturated rings. The van der Waals surface area contributed by atoms with Crippen LogP contribution in [0.3, 0.4) is 0 Å². The van der Waals surface area contributed by atoms with E-state index in [-0.39, 0.29) is 28.1 Å². The molecule has 0 spiro atoms. The molecule has 7 nitrogen and oxygen atoms in total. The molecule has 1 aliphatic heterocycles. The fourth-order valence-corrected chi connectivity index (χ4v) is 3.43. The number of amides is 1. The smallest absolute Gasteiger partial charge is 0.276 e. The number of pyridine rings is 1. The van der Waals surface area contributed by atoms with Crippen molar-refractivity contribution in [3.63, 3.8) is 0 Å². The molecule has 0 aliphatic carbocycles. The number of carbonyl (C=O) groups excluding carboxylic acids is 1. The molecule has 31 heavy (non-hydrogen) atoms. The number of hydrogen-bond acceptors (Lipinski definition) is 4. The van der Waals surface area contributed by atoms with Gasteiger partial charge in [-0.1, -0.05) is 48.6 Å². The zero-order valence-corrected chi connectivity index (χ0v) is 17.5. The lowest BCUT2D eigenvalue weighted by molar-refractivity contribution is 0.0920. The molecule has 160 valence electrons. The van der Waals surface area contributed by atoms with E-state index < -0.39 is 11.7 Å². The van der Waals surface area contributed by atoms with E-state index in [1.54, 1.807) is 4.68 Å². The number of aromatic nitrogens is 3. The third-order valence-electron chi connectivity index (χ3n) is 4.89. The van der Waals surface area contributed by atoms with Gasteiger partial charge in [0.15, 0.2) is 11.6 Å². The molecule has 0 bridgehead atoms. The zero-order chi connectivity index (χ0) is 21.1. The number of carbonyl (C=O) groups is 1. The van der Waals surface area contributed by atoms with E-state index in [0.29, 0.717) is 5.56 Å². The molecule has 0 saturated carbocycles. The summed E-state index contributed by atoms with van der Waals surface area (Å²) in [7, 11) is 0. The Hall–Kier alpha value is -3.25. The lowest BCUT2D eigenvalue weighted by Crippen LogP contribution is -2.48. The SMILES string of the molecule is CCN1CC(n2ncc(Cl)c2C(=O)Nc2ncc(C#Cc3ccccc3)cc2F)C1.O. The van der Waals surface area contributed by atoms with Crippen LogP contribution in [0.4, 0.5) is 10.2 Å². The molecule has 4 rings (SSSR count). The summed E-state index contributed by atoms with van der Waals surface area (Å²) < 4.78 is 16.1. The van der Waals surface area contributed by atoms with E-state index in [1.807, 2.05) is 30.3 Å². The van der Waals surface area contributed by atoms with Gasteiger partial charge < -0.3 is 10.8 Å². The molecular formula is C22H21ClFN5O2. The average Bonchev–Trinajstić information content (AvgIpc) is 3.09. The largest absolute Gasteiger partial charge is 0.412 e. The minimum Gasteiger partial charge on any atom is -0.412 e. The summed E-state index contributed by atoms with van der Waals surface area (Å²) in [5, 5.41) is 6.93. The van der Waals surface area contributed by atoms with Gasteiger partial charge in [-0.15, -0.1) is 0 Å². The predicted molar refractivity (Wildman–Crippen MR) is 117 cm³/mol. The molecule has 0 radical (unpaired) electrons. The van der Waals surface area contributed by atoms with Crippen molar-refractivity contribution < 1.29 is 14.7 Å². The molecule has 2 aromatic heterocycles. The van der Waals surface area contributed by atoms with Crippen LogP contribution in [0.5, 0.6) is 0 Å². The van der Waals surface area contributed by atoms with Crippen LogP contribution in [0, 0.1) is 17.7 Å². The number of rotatable bonds is 4. The predicted octanol–water partition coefficient (Wildman–Crippen LogP) is 2.77. The molecule has 9 heteroatoms. The number of nitrogens with zero attached hydrogens (tertiary/aromatic N) is 4. The van der Waals surface area contributed by atoms with Gasteiger partial charge in [0.2, 0.25) is 0 Å². The van der Waals surface area contributed by atoms with Crippen molar-refractivity contribution in [3.8, 4) is 11.8 Å². The highest BCUT2D eigenvalue weighted by Crippen LogP contribution is 2.26. The number of likely N-dealkylation sites (N-methyl/N-ethyl adjacent to an activating group) is 1. The Labute approximate surface area is 184 Å². The first-order chi connectivity index (χ1) is 14.5. The third-order valence-corrected chi connectivity index (χ3v) is 5.17. The number of halogens is 2. The van der Waals surface area contributed by atoms with Crippen molar-refractivity contribution >= 4 is 23.3 Å². The number of hydrogen-bond donors (Lipinski definition) is 1. The Bertz CT molecular complexity index is 1130. The van der Waals surface area contributed by atoms with Crippen molar-refractivity contribution in [2.24, 2.45) is 0 Å². The number of benzene rings is 1. The highest BCUT2D eigenvalue weighted by atomic mass is 35.5. The summed E-state index contributed by atoms with van der Waals surface area (Å²) in [6, 6.07) is 10.7. The molecule has 1 aromatic carbocycles. The fourth-order valence-electron chi connectivity index (χ4n) is 3.22. The van der Waals surface area contributed by atoms with E-state index in [2.05, 4.69) is 39.1 Å². The van der Waals surface area contributed by atoms with E-state index in [9.17, 15) is 9.18 Å². The van der Waals surface area contributed by atoms with Gasteiger partial charge in [0, 0.05) is 30.4 Å². The highest BCUT2D eigenvalue weighted by Gasteiger charge is 2.32. The van der Waals surface area contributed by atoms with E-state index >= 15 is 0 Å². The first kappa shape index (κ1) is 22.4. The first-order valence-corrected chi connectivity index (χ1v) is 9.92. The van der Waals surface area contributed by atoms with Crippen molar-refractivity contribution in [2.75, 3.05) is 25.0 Å². The first-order valence-electron chi connectivity index (χ1n) is 9.54. The topological polar surface area (TPSA) is 94.6 Å². The van der Waals surface area contributed by atoms with E-state index in [4.69, 9.17) is 11.6 Å². The third kappa shape index (κ3) is 4.91. The minimum absolute atomic E-state index is 0. The van der Waals surface area contributed by atoms with Crippen LogP contribution in [0.1, 0.15) is 34.6 Å². The summed E-state index contributed by atoms with van der Waals surface area (Å²) in [5.41, 5.74) is 1.42. The Morgan fingerprint density at radius 2 is 1.94 bits per heavy atom. The van der Waals surface area contributed by atoms with Gasteiger partial charge in [0.05, 0.1) is 17.3 Å². The lowest BCUT2D eigenvalue weighted by Gasteiger charge is -2.38. The van der Waals surface area contributed by atoms with Gasteiger partial charge in [0.25, 0.3) is 5.91 Å². The van der Waals surface area contributed by atoms with Crippen molar-refractivity contribution in [1.29, 1.82) is 0 Å². The van der Waals surface area contributed by atoms with Gasteiger partial charge in [-0.05, 0) is 24.7 Å². The highest BCUT2D eigenvalue weighted by molar-refractivity contribution is 6.34. The number of likely N-dealkylation sites (tertiary alicyclic amines) is 1. The summed E-state index contributed by atoms with van der Waals surface area (Å²) in [4.78, 5) is 19.0. The Morgan fingerprint density at radius 1 is 1.23 bits per heavy atom. The quantitative estimate of drug-likeness (QED) is 0.630. The standard InChI is InChI=1S/C22H19ClFN5O.H2O/c1-2-28-13-17(14-28)29-20(18(23)12-26-29)22(30)27-21-19(24)10-16(11-25-21)9-8-15-6-4-3-5-7-15;/h3-7,10-12,17H,2,13-14H2,1H3,(H,25,27,30);1H2. The van der Waals surface area contributed by atoms with Gasteiger partial charge in [0.1, 0.15) is 5.69 Å². The van der Waals surface area contributed by atoms with Gasteiger partial charge in [-0.3, -0.25) is 14.4 Å². The van der Waals surface area contributed by atoms with E-state index in [1.165, 1.54) is 18.5 Å². The van der Waals surface area contributed by atoms with Crippen molar-refractivity contribution in [1.82, 2.24) is 19.7 Å². The number of nitrogens with one attached hydrogen (secondary N) is 1. The maximum Gasteiger partial charge on any atom is 0.276 e. The lowest BCUT2D eigenvalue weighted by atomic mass is 10.1. The van der Waals surface area contributed by atoms with Gasteiger partial charge >= 0.3 is 0 Å². The van der Waals surface area contributed by atoms with Crippen LogP contribution in [0.2, 0.25) is 5.02 Å². The molecule has 1 aliphatic rings. The molecular weight excluding hydrogens is 421 g/mol. The summed E-state index contributed by atoms with van der Waals surface area (Å²) >= 11 is 6.18. The summed E-state index contributed by atoms with van der Waals surface area (Å²) in [6.07, 6.45) is 2.84. The Balaban J connectivity index is 0.00000272. The summed E-state index contributed by atoms with van der Waals surface area (Å²) in [6.45, 7) is 4.58. The monoisotopic (exact) mass is 441 g/mol. The normalized spacial score (nSPS) is 13.5. The summed E-state index contributed by atoms with van der Waals surface area (Å²) in [5.74, 6) is 4.39. The molecule has 0 unspecified atom stereocenters. The second kappa shape index (κ2) is 9.71.